The first kappa shape index (κ1) is 23.2. The van der Waals surface area contributed by atoms with Crippen molar-refractivity contribution < 1.29 is 4.39 Å². The Kier molecular flexibility index (Phi) is 5.19. The maximum Gasteiger partial charge on any atom is 0.123 e. The number of rotatable bonds is 4. The van der Waals surface area contributed by atoms with E-state index in [1.807, 2.05) is 18.2 Å². The number of aromatic amines is 3. The number of halogens is 2. The highest BCUT2D eigenvalue weighted by Gasteiger charge is 2.26. The third-order valence-electron chi connectivity index (χ3n) is 7.85. The van der Waals surface area contributed by atoms with E-state index in [0.717, 1.165) is 76.2 Å². The third-order valence-corrected chi connectivity index (χ3v) is 8.34. The van der Waals surface area contributed by atoms with Gasteiger partial charge in [-0.2, -0.15) is 0 Å². The van der Waals surface area contributed by atoms with Gasteiger partial charge in [0.15, 0.2) is 0 Å². The topological polar surface area (TPSA) is 60.3 Å². The fourth-order valence-corrected chi connectivity index (χ4v) is 6.36. The summed E-state index contributed by atoms with van der Waals surface area (Å²) in [7, 11) is 0. The van der Waals surface area contributed by atoms with Crippen LogP contribution in [0.3, 0.4) is 0 Å². The molecule has 0 amide bonds. The standard InChI is InChI=1S/C34H22BrFN4/c35-20-11-14-29-24(15-20)27(18-38-29)32(26-17-37-28-7-3-1-6-23(26)28)31-16-25-22-5-2-4-8-30(22)39-34(25)33(40-31)19-9-12-21(36)13-10-19/h1-18,32,37-39H. The van der Waals surface area contributed by atoms with Gasteiger partial charge in [0.1, 0.15) is 5.82 Å². The molecule has 1 atom stereocenters. The lowest BCUT2D eigenvalue weighted by Crippen LogP contribution is -2.06. The summed E-state index contributed by atoms with van der Waals surface area (Å²) in [5.74, 6) is -0.440. The Labute approximate surface area is 237 Å². The first-order chi connectivity index (χ1) is 19.6. The van der Waals surface area contributed by atoms with E-state index < -0.39 is 0 Å². The van der Waals surface area contributed by atoms with E-state index in [2.05, 4.69) is 97.9 Å². The SMILES string of the molecule is Fc1ccc(-c2nc(C(c3c[nH]c4ccccc34)c3c[nH]c4ccc(Br)cc34)cc3c2[nH]c2ccccc23)cc1. The molecule has 4 nitrogen and oxygen atoms in total. The van der Waals surface area contributed by atoms with E-state index in [1.54, 1.807) is 12.1 Å². The van der Waals surface area contributed by atoms with Crippen molar-refractivity contribution in [1.82, 2.24) is 19.9 Å². The van der Waals surface area contributed by atoms with Gasteiger partial charge in [0, 0.05) is 60.5 Å². The molecule has 4 heterocycles. The predicted molar refractivity (Wildman–Crippen MR) is 164 cm³/mol. The zero-order valence-electron chi connectivity index (χ0n) is 21.2. The van der Waals surface area contributed by atoms with Crippen LogP contribution >= 0.6 is 15.9 Å². The molecule has 8 rings (SSSR count). The van der Waals surface area contributed by atoms with Crippen molar-refractivity contribution in [3.63, 3.8) is 0 Å². The van der Waals surface area contributed by atoms with Gasteiger partial charge < -0.3 is 15.0 Å². The van der Waals surface area contributed by atoms with Crippen LogP contribution < -0.4 is 0 Å². The summed E-state index contributed by atoms with van der Waals surface area (Å²) in [5, 5.41) is 4.50. The van der Waals surface area contributed by atoms with Crippen molar-refractivity contribution in [3.8, 4) is 11.3 Å². The van der Waals surface area contributed by atoms with E-state index in [4.69, 9.17) is 4.98 Å². The lowest BCUT2D eigenvalue weighted by molar-refractivity contribution is 0.628. The molecule has 4 aromatic heterocycles. The summed E-state index contributed by atoms with van der Waals surface area (Å²) >= 11 is 3.68. The summed E-state index contributed by atoms with van der Waals surface area (Å²) in [5.41, 5.74) is 8.99. The van der Waals surface area contributed by atoms with Crippen molar-refractivity contribution in [3.05, 3.63) is 137 Å². The number of nitrogens with zero attached hydrogens (tertiary/aromatic N) is 1. The maximum atomic E-state index is 14.0. The second kappa shape index (κ2) is 8.93. The van der Waals surface area contributed by atoms with Crippen molar-refractivity contribution >= 4 is 59.5 Å². The highest BCUT2D eigenvalue weighted by Crippen LogP contribution is 2.42. The zero-order valence-corrected chi connectivity index (χ0v) is 22.8. The molecular formula is C34H22BrFN4. The number of nitrogens with one attached hydrogen (secondary N) is 3. The number of benzene rings is 4. The lowest BCUT2D eigenvalue weighted by atomic mass is 9.86. The summed E-state index contributed by atoms with van der Waals surface area (Å²) in [6, 6.07) is 31.8. The van der Waals surface area contributed by atoms with Crippen LogP contribution in [0.25, 0.3) is 54.9 Å². The van der Waals surface area contributed by atoms with E-state index in [1.165, 1.54) is 12.1 Å². The number of aromatic nitrogens is 4. The van der Waals surface area contributed by atoms with E-state index in [-0.39, 0.29) is 11.7 Å². The van der Waals surface area contributed by atoms with E-state index >= 15 is 0 Å². The van der Waals surface area contributed by atoms with Crippen LogP contribution in [-0.4, -0.2) is 19.9 Å². The van der Waals surface area contributed by atoms with Gasteiger partial charge in [-0.1, -0.05) is 52.3 Å². The molecule has 0 bridgehead atoms. The fraction of sp³-hybridized carbons (Fsp3) is 0.0294. The summed E-state index contributed by atoms with van der Waals surface area (Å²) in [6.07, 6.45) is 4.20. The minimum atomic E-state index is -0.270. The van der Waals surface area contributed by atoms with Crippen LogP contribution in [0, 0.1) is 5.82 Å². The minimum Gasteiger partial charge on any atom is -0.361 e. The number of fused-ring (bicyclic) bond motifs is 5. The largest absolute Gasteiger partial charge is 0.361 e. The minimum absolute atomic E-state index is 0.170. The molecule has 8 aromatic rings. The molecule has 6 heteroatoms. The second-order valence-electron chi connectivity index (χ2n) is 10.2. The van der Waals surface area contributed by atoms with Crippen LogP contribution in [-0.2, 0) is 0 Å². The molecule has 1 unspecified atom stereocenters. The van der Waals surface area contributed by atoms with Gasteiger partial charge in [0.05, 0.1) is 22.8 Å². The van der Waals surface area contributed by atoms with Gasteiger partial charge in [-0.15, -0.1) is 0 Å². The Morgan fingerprint density at radius 3 is 2.12 bits per heavy atom. The molecular weight excluding hydrogens is 563 g/mol. The van der Waals surface area contributed by atoms with Crippen molar-refractivity contribution in [2.24, 2.45) is 0 Å². The number of hydrogen-bond acceptors (Lipinski definition) is 1. The van der Waals surface area contributed by atoms with Gasteiger partial charge in [0.25, 0.3) is 0 Å². The monoisotopic (exact) mass is 584 g/mol. The number of para-hydroxylation sites is 2. The first-order valence-electron chi connectivity index (χ1n) is 13.1. The Morgan fingerprint density at radius 1 is 0.650 bits per heavy atom. The van der Waals surface area contributed by atoms with Gasteiger partial charge >= 0.3 is 0 Å². The summed E-state index contributed by atoms with van der Waals surface area (Å²) in [4.78, 5) is 15.9. The molecule has 0 saturated carbocycles. The lowest BCUT2D eigenvalue weighted by Gasteiger charge is -2.18. The molecule has 0 spiro atoms. The Morgan fingerprint density at radius 2 is 1.32 bits per heavy atom. The zero-order chi connectivity index (χ0) is 26.8. The Hall–Kier alpha value is -4.68. The molecule has 0 radical (unpaired) electrons. The molecule has 40 heavy (non-hydrogen) atoms. The maximum absolute atomic E-state index is 14.0. The van der Waals surface area contributed by atoms with Gasteiger partial charge in [-0.3, -0.25) is 0 Å². The molecule has 0 fully saturated rings. The fourth-order valence-electron chi connectivity index (χ4n) is 6.00. The molecule has 0 aliphatic heterocycles. The first-order valence-corrected chi connectivity index (χ1v) is 13.9. The average Bonchev–Trinajstić information content (AvgIpc) is 3.69. The highest BCUT2D eigenvalue weighted by atomic mass is 79.9. The van der Waals surface area contributed by atoms with Crippen LogP contribution in [0.1, 0.15) is 22.7 Å². The van der Waals surface area contributed by atoms with Crippen molar-refractivity contribution in [1.29, 1.82) is 0 Å². The van der Waals surface area contributed by atoms with E-state index in [9.17, 15) is 4.39 Å². The number of hydrogen-bond donors (Lipinski definition) is 3. The Balaban J connectivity index is 1.48. The Bertz CT molecular complexity index is 2200. The highest BCUT2D eigenvalue weighted by molar-refractivity contribution is 9.10. The molecule has 0 aliphatic rings. The van der Waals surface area contributed by atoms with E-state index in [0.29, 0.717) is 0 Å². The quantitative estimate of drug-likeness (QED) is 0.189. The molecule has 192 valence electrons. The predicted octanol–water partition coefficient (Wildman–Crippen LogP) is 9.43. The van der Waals surface area contributed by atoms with Crippen molar-refractivity contribution in [2.45, 2.75) is 5.92 Å². The normalized spacial score (nSPS) is 12.7. The molecule has 0 aliphatic carbocycles. The van der Waals surface area contributed by atoms with Crippen LogP contribution in [0.2, 0.25) is 0 Å². The van der Waals surface area contributed by atoms with Gasteiger partial charge in [-0.25, -0.2) is 9.37 Å². The summed E-state index contributed by atoms with van der Waals surface area (Å²) in [6.45, 7) is 0. The van der Waals surface area contributed by atoms with Crippen LogP contribution in [0.15, 0.2) is 114 Å². The molecule has 4 aromatic carbocycles. The molecule has 0 saturated heterocycles. The van der Waals surface area contributed by atoms with Crippen molar-refractivity contribution in [2.75, 3.05) is 0 Å². The van der Waals surface area contributed by atoms with Crippen LogP contribution in [0.4, 0.5) is 4.39 Å². The summed E-state index contributed by atoms with van der Waals surface area (Å²) < 4.78 is 15.0. The number of H-pyrrole nitrogens is 3. The van der Waals surface area contributed by atoms with Gasteiger partial charge in [0.2, 0.25) is 0 Å². The average molecular weight is 585 g/mol. The third kappa shape index (κ3) is 3.60. The smallest absolute Gasteiger partial charge is 0.123 e. The second-order valence-corrected chi connectivity index (χ2v) is 11.1. The van der Waals surface area contributed by atoms with Gasteiger partial charge in [-0.05, 0) is 71.8 Å². The van der Waals surface area contributed by atoms with Crippen LogP contribution in [0.5, 0.6) is 0 Å². The number of pyridine rings is 1. The molecule has 3 N–H and O–H groups in total.